The maximum atomic E-state index is 13.3. The highest BCUT2D eigenvalue weighted by atomic mass is 32.1. The van der Waals surface area contributed by atoms with Crippen LogP contribution >= 0.6 is 11.3 Å². The molecule has 0 spiro atoms. The Morgan fingerprint density at radius 1 is 1.03 bits per heavy atom. The summed E-state index contributed by atoms with van der Waals surface area (Å²) in [6.45, 7) is 11.7. The molecule has 5 rings (SSSR count). The standard InChI is InChI=1S/C30H43N3O3S/c1-30(2,3)24-20-22(9-10-26(24)33-13-17-36-18-14-33)27-25(19-21-7-5-4-6-8-21)32-29(37-27)28(34)31-23-11-15-35-16-12-23/h9-10,20-21,23H,4-8,11-19H2,1-3H3,(H,31,34). The van der Waals surface area contributed by atoms with Crippen LogP contribution in [0.3, 0.4) is 0 Å². The molecule has 202 valence electrons. The molecule has 1 N–H and O–H groups in total. The number of anilines is 1. The molecule has 1 aromatic carbocycles. The summed E-state index contributed by atoms with van der Waals surface area (Å²) in [5, 5.41) is 3.83. The molecule has 2 aliphatic heterocycles. The van der Waals surface area contributed by atoms with E-state index in [2.05, 4.69) is 49.2 Å². The van der Waals surface area contributed by atoms with Crippen LogP contribution in [0.25, 0.3) is 10.4 Å². The number of ether oxygens (including phenoxy) is 2. The second-order valence-electron chi connectivity index (χ2n) is 11.9. The van der Waals surface area contributed by atoms with Gasteiger partial charge in [-0.1, -0.05) is 58.9 Å². The monoisotopic (exact) mass is 525 g/mol. The summed E-state index contributed by atoms with van der Waals surface area (Å²) >= 11 is 1.57. The zero-order valence-electron chi connectivity index (χ0n) is 22.8. The number of rotatable bonds is 6. The van der Waals surface area contributed by atoms with E-state index in [9.17, 15) is 4.79 Å². The fourth-order valence-electron chi connectivity index (χ4n) is 5.92. The lowest BCUT2D eigenvalue weighted by Gasteiger charge is -2.34. The quantitative estimate of drug-likeness (QED) is 0.503. The van der Waals surface area contributed by atoms with Gasteiger partial charge in [-0.05, 0) is 53.9 Å². The maximum absolute atomic E-state index is 13.3. The molecule has 1 amide bonds. The van der Waals surface area contributed by atoms with Crippen LogP contribution < -0.4 is 10.2 Å². The van der Waals surface area contributed by atoms with Crippen LogP contribution in [-0.2, 0) is 21.3 Å². The van der Waals surface area contributed by atoms with E-state index in [1.165, 1.54) is 53.8 Å². The number of carbonyl (C=O) groups is 1. The van der Waals surface area contributed by atoms with Gasteiger partial charge < -0.3 is 19.7 Å². The Hall–Kier alpha value is -1.96. The first kappa shape index (κ1) is 26.6. The van der Waals surface area contributed by atoms with Crippen molar-refractivity contribution in [3.8, 4) is 10.4 Å². The highest BCUT2D eigenvalue weighted by Gasteiger charge is 2.27. The summed E-state index contributed by atoms with van der Waals surface area (Å²) in [5.74, 6) is 0.629. The molecule has 37 heavy (non-hydrogen) atoms. The highest BCUT2D eigenvalue weighted by Crippen LogP contribution is 2.40. The van der Waals surface area contributed by atoms with Gasteiger partial charge in [-0.15, -0.1) is 11.3 Å². The van der Waals surface area contributed by atoms with E-state index < -0.39 is 0 Å². The third-order valence-corrected chi connectivity index (χ3v) is 9.22. The van der Waals surface area contributed by atoms with Crippen molar-refractivity contribution in [1.82, 2.24) is 10.3 Å². The summed E-state index contributed by atoms with van der Waals surface area (Å²) in [5.41, 5.74) is 4.94. The van der Waals surface area contributed by atoms with Gasteiger partial charge in [0.25, 0.3) is 5.91 Å². The van der Waals surface area contributed by atoms with E-state index >= 15 is 0 Å². The van der Waals surface area contributed by atoms with Crippen molar-refractivity contribution in [2.45, 2.75) is 83.6 Å². The Kier molecular flexibility index (Phi) is 8.52. The highest BCUT2D eigenvalue weighted by molar-refractivity contribution is 7.17. The number of nitrogens with zero attached hydrogens (tertiary/aromatic N) is 2. The summed E-state index contributed by atoms with van der Waals surface area (Å²) in [6, 6.07) is 7.07. The number of hydrogen-bond acceptors (Lipinski definition) is 6. The molecule has 0 atom stereocenters. The predicted octanol–water partition coefficient (Wildman–Crippen LogP) is 5.98. The molecule has 0 bridgehead atoms. The number of morpholine rings is 1. The second kappa shape index (κ2) is 11.8. The van der Waals surface area contributed by atoms with Crippen molar-refractivity contribution in [3.63, 3.8) is 0 Å². The number of aromatic nitrogens is 1. The minimum absolute atomic E-state index is 0.00112. The van der Waals surface area contributed by atoms with Crippen LogP contribution in [0.2, 0.25) is 0 Å². The van der Waals surface area contributed by atoms with Crippen molar-refractivity contribution in [1.29, 1.82) is 0 Å². The zero-order chi connectivity index (χ0) is 25.8. The lowest BCUT2D eigenvalue weighted by atomic mass is 9.83. The van der Waals surface area contributed by atoms with Crippen molar-refractivity contribution in [2.24, 2.45) is 5.92 Å². The molecule has 1 saturated carbocycles. The number of carbonyl (C=O) groups excluding carboxylic acids is 1. The average molecular weight is 526 g/mol. The van der Waals surface area contributed by atoms with Crippen LogP contribution in [0.1, 0.15) is 86.8 Å². The van der Waals surface area contributed by atoms with Gasteiger partial charge in [0.15, 0.2) is 5.01 Å². The van der Waals surface area contributed by atoms with E-state index in [0.29, 0.717) is 24.1 Å². The third kappa shape index (κ3) is 6.55. The number of amides is 1. The Morgan fingerprint density at radius 2 is 1.73 bits per heavy atom. The number of hydrogen-bond donors (Lipinski definition) is 1. The van der Waals surface area contributed by atoms with Gasteiger partial charge in [-0.2, -0.15) is 0 Å². The summed E-state index contributed by atoms with van der Waals surface area (Å²) in [7, 11) is 0. The van der Waals surface area contributed by atoms with E-state index in [0.717, 1.165) is 51.3 Å². The van der Waals surface area contributed by atoms with Crippen molar-refractivity contribution in [3.05, 3.63) is 34.5 Å². The first-order chi connectivity index (χ1) is 17.9. The molecule has 3 heterocycles. The molecular weight excluding hydrogens is 482 g/mol. The van der Waals surface area contributed by atoms with Crippen LogP contribution in [0, 0.1) is 5.92 Å². The Labute approximate surface area is 226 Å². The number of benzene rings is 1. The third-order valence-electron chi connectivity index (χ3n) is 8.07. The van der Waals surface area contributed by atoms with Gasteiger partial charge in [0.05, 0.1) is 23.8 Å². The molecular formula is C30H43N3O3S. The van der Waals surface area contributed by atoms with Crippen LogP contribution in [0.4, 0.5) is 5.69 Å². The molecule has 6 nitrogen and oxygen atoms in total. The summed E-state index contributed by atoms with van der Waals surface area (Å²) < 4.78 is 11.1. The Balaban J connectivity index is 1.48. The van der Waals surface area contributed by atoms with E-state index in [1.54, 1.807) is 11.3 Å². The lowest BCUT2D eigenvalue weighted by Crippen LogP contribution is -2.38. The topological polar surface area (TPSA) is 63.7 Å². The molecule has 0 unspecified atom stereocenters. The van der Waals surface area contributed by atoms with Crippen molar-refractivity contribution < 1.29 is 14.3 Å². The van der Waals surface area contributed by atoms with Crippen LogP contribution in [-0.4, -0.2) is 56.5 Å². The second-order valence-corrected chi connectivity index (χ2v) is 12.9. The number of thiazole rings is 1. The molecule has 3 aliphatic rings. The van der Waals surface area contributed by atoms with E-state index in [4.69, 9.17) is 14.5 Å². The lowest BCUT2D eigenvalue weighted by molar-refractivity contribution is 0.0696. The van der Waals surface area contributed by atoms with Gasteiger partial charge in [-0.3, -0.25) is 4.79 Å². The van der Waals surface area contributed by atoms with Gasteiger partial charge >= 0.3 is 0 Å². The summed E-state index contributed by atoms with van der Waals surface area (Å²) in [4.78, 5) is 21.9. The largest absolute Gasteiger partial charge is 0.381 e. The molecule has 0 radical (unpaired) electrons. The molecule has 2 saturated heterocycles. The first-order valence-corrected chi connectivity index (χ1v) is 15.1. The molecule has 3 fully saturated rings. The minimum atomic E-state index is -0.0333. The SMILES string of the molecule is CC(C)(C)c1cc(-c2sc(C(=O)NC3CCOCC3)nc2CC2CCCCC2)ccc1N1CCOCC1. The Morgan fingerprint density at radius 3 is 2.43 bits per heavy atom. The zero-order valence-corrected chi connectivity index (χ0v) is 23.6. The molecule has 1 aromatic heterocycles. The van der Waals surface area contributed by atoms with E-state index in [-0.39, 0.29) is 17.4 Å². The average Bonchev–Trinajstić information content (AvgIpc) is 3.33. The van der Waals surface area contributed by atoms with E-state index in [1.807, 2.05) is 0 Å². The van der Waals surface area contributed by atoms with Crippen LogP contribution in [0.5, 0.6) is 0 Å². The fourth-order valence-corrected chi connectivity index (χ4v) is 6.92. The predicted molar refractivity (Wildman–Crippen MR) is 151 cm³/mol. The molecule has 1 aliphatic carbocycles. The Bertz CT molecular complexity index is 1060. The van der Waals surface area contributed by atoms with Crippen molar-refractivity contribution >= 4 is 22.9 Å². The fraction of sp³-hybridized carbons (Fsp3) is 0.667. The van der Waals surface area contributed by atoms with Crippen molar-refractivity contribution in [2.75, 3.05) is 44.4 Å². The van der Waals surface area contributed by atoms with Gasteiger partial charge in [0.1, 0.15) is 0 Å². The van der Waals surface area contributed by atoms with Gasteiger partial charge in [0, 0.05) is 38.0 Å². The van der Waals surface area contributed by atoms with Crippen LogP contribution in [0.15, 0.2) is 18.2 Å². The first-order valence-electron chi connectivity index (χ1n) is 14.2. The van der Waals surface area contributed by atoms with Gasteiger partial charge in [0.2, 0.25) is 0 Å². The molecule has 7 heteroatoms. The molecule has 2 aromatic rings. The normalized spacial score (nSPS) is 20.2. The minimum Gasteiger partial charge on any atom is -0.381 e. The van der Waals surface area contributed by atoms with Gasteiger partial charge in [-0.25, -0.2) is 4.98 Å². The summed E-state index contributed by atoms with van der Waals surface area (Å²) in [6.07, 6.45) is 9.21. The maximum Gasteiger partial charge on any atom is 0.280 e. The smallest absolute Gasteiger partial charge is 0.280 e. The number of nitrogens with one attached hydrogen (secondary N) is 1.